The van der Waals surface area contributed by atoms with Gasteiger partial charge in [-0.1, -0.05) is 49.2 Å². The zero-order valence-corrected chi connectivity index (χ0v) is 18.4. The summed E-state index contributed by atoms with van der Waals surface area (Å²) >= 11 is 0. The second-order valence-electron chi connectivity index (χ2n) is 9.00. The number of aromatic hydroxyl groups is 1. The van der Waals surface area contributed by atoms with E-state index in [9.17, 15) is 5.11 Å². The molecule has 2 bridgehead atoms. The third-order valence-corrected chi connectivity index (χ3v) is 7.69. The summed E-state index contributed by atoms with van der Waals surface area (Å²) in [5, 5.41) is 10.1. The van der Waals surface area contributed by atoms with Gasteiger partial charge in [-0.3, -0.25) is 4.90 Å². The number of nitrogens with zero attached hydrogens (tertiary/aromatic N) is 1. The summed E-state index contributed by atoms with van der Waals surface area (Å²) in [5.41, 5.74) is 4.80. The van der Waals surface area contributed by atoms with Crippen molar-refractivity contribution >= 4 is 17.0 Å². The smallest absolute Gasteiger partial charge is 0.115 e. The maximum absolute atomic E-state index is 10.1. The largest absolute Gasteiger partial charge is 0.508 e. The van der Waals surface area contributed by atoms with E-state index in [4.69, 9.17) is 0 Å². The Kier molecular flexibility index (Phi) is 5.85. The number of aryl methyl sites for hydroxylation is 1. The van der Waals surface area contributed by atoms with Crippen LogP contribution >= 0.6 is 17.0 Å². The van der Waals surface area contributed by atoms with Crippen LogP contribution in [0.1, 0.15) is 55.2 Å². The minimum Gasteiger partial charge on any atom is -0.508 e. The lowest BCUT2D eigenvalue weighted by Gasteiger charge is -2.59. The molecule has 1 heterocycles. The molecule has 2 fully saturated rings. The van der Waals surface area contributed by atoms with Crippen molar-refractivity contribution < 1.29 is 5.11 Å². The molecule has 1 saturated carbocycles. The SMILES string of the molecule is Br.Oc1ccc2c(c1)[C@@]13CCCC[C@H]1[C@H](C2)N(CCCc1ccccc1)CC3. The van der Waals surface area contributed by atoms with E-state index >= 15 is 0 Å². The van der Waals surface area contributed by atoms with Gasteiger partial charge in [-0.15, -0.1) is 17.0 Å². The van der Waals surface area contributed by atoms with Crippen LogP contribution in [0.2, 0.25) is 0 Å². The van der Waals surface area contributed by atoms with E-state index in [-0.39, 0.29) is 17.0 Å². The predicted molar refractivity (Wildman–Crippen MR) is 121 cm³/mol. The standard InChI is InChI=1S/C25H31NO.BrH/c27-21-12-11-20-17-24-22-10-4-5-13-25(22,23(20)18-21)14-16-26(24)15-6-9-19-7-2-1-3-8-19;/h1-3,7-8,11-12,18,22,24,27H,4-6,9-10,13-17H2;1H/t22-,24-,25+;/m0./s1. The van der Waals surface area contributed by atoms with E-state index in [1.54, 1.807) is 0 Å². The van der Waals surface area contributed by atoms with Gasteiger partial charge in [0.1, 0.15) is 5.75 Å². The van der Waals surface area contributed by atoms with Crippen LogP contribution in [0.25, 0.3) is 0 Å². The molecule has 0 amide bonds. The topological polar surface area (TPSA) is 23.5 Å². The number of piperidine rings is 1. The number of fused-ring (bicyclic) bond motifs is 1. The number of phenolic OH excluding ortho intramolecular Hbond substituents is 1. The minimum absolute atomic E-state index is 0. The Morgan fingerprint density at radius 1 is 1.04 bits per heavy atom. The first kappa shape index (κ1) is 20.0. The molecule has 1 saturated heterocycles. The molecule has 150 valence electrons. The zero-order valence-electron chi connectivity index (χ0n) is 16.6. The molecule has 2 nitrogen and oxygen atoms in total. The molecule has 28 heavy (non-hydrogen) atoms. The average Bonchev–Trinajstić information content (AvgIpc) is 2.71. The summed E-state index contributed by atoms with van der Waals surface area (Å²) < 4.78 is 0. The third kappa shape index (κ3) is 3.41. The van der Waals surface area contributed by atoms with Crippen LogP contribution in [0.15, 0.2) is 48.5 Å². The molecule has 1 aliphatic heterocycles. The highest BCUT2D eigenvalue weighted by Gasteiger charge is 2.53. The monoisotopic (exact) mass is 441 g/mol. The first-order valence-electron chi connectivity index (χ1n) is 10.9. The molecule has 5 rings (SSSR count). The van der Waals surface area contributed by atoms with Crippen molar-refractivity contribution in [2.45, 2.75) is 62.8 Å². The molecule has 0 radical (unpaired) electrons. The van der Waals surface area contributed by atoms with Crippen LogP contribution in [-0.4, -0.2) is 29.1 Å². The van der Waals surface area contributed by atoms with E-state index < -0.39 is 0 Å². The molecular formula is C25H32BrNO. The van der Waals surface area contributed by atoms with Gasteiger partial charge in [0.2, 0.25) is 0 Å². The Balaban J connectivity index is 0.00000192. The summed E-state index contributed by atoms with van der Waals surface area (Å²) in [7, 11) is 0. The number of benzene rings is 2. The molecule has 3 heteroatoms. The van der Waals surface area contributed by atoms with E-state index in [2.05, 4.69) is 47.4 Å². The summed E-state index contributed by atoms with van der Waals surface area (Å²) in [6.45, 7) is 2.45. The quantitative estimate of drug-likeness (QED) is 0.661. The van der Waals surface area contributed by atoms with Crippen LogP contribution in [0.3, 0.4) is 0 Å². The molecule has 1 N–H and O–H groups in total. The normalized spacial score (nSPS) is 28.7. The Morgan fingerprint density at radius 2 is 1.89 bits per heavy atom. The lowest BCUT2D eigenvalue weighted by molar-refractivity contribution is -0.0116. The van der Waals surface area contributed by atoms with Gasteiger partial charge in [0.15, 0.2) is 0 Å². The van der Waals surface area contributed by atoms with Crippen LogP contribution in [-0.2, 0) is 18.3 Å². The molecule has 0 spiro atoms. The molecule has 0 aromatic heterocycles. The van der Waals surface area contributed by atoms with Crippen LogP contribution in [0.4, 0.5) is 0 Å². The minimum atomic E-state index is 0. The molecular weight excluding hydrogens is 410 g/mol. The van der Waals surface area contributed by atoms with Crippen LogP contribution in [0, 0.1) is 5.92 Å². The molecule has 3 aliphatic rings. The van der Waals surface area contributed by atoms with Crippen molar-refractivity contribution in [2.75, 3.05) is 13.1 Å². The Hall–Kier alpha value is -1.32. The second kappa shape index (κ2) is 8.20. The number of hydrogen-bond acceptors (Lipinski definition) is 2. The molecule has 2 aliphatic carbocycles. The number of hydrogen-bond donors (Lipinski definition) is 1. The molecule has 0 unspecified atom stereocenters. The average molecular weight is 442 g/mol. The maximum Gasteiger partial charge on any atom is 0.115 e. The maximum atomic E-state index is 10.1. The highest BCUT2D eigenvalue weighted by molar-refractivity contribution is 8.93. The van der Waals surface area contributed by atoms with E-state index in [0.29, 0.717) is 17.2 Å². The Labute approximate surface area is 179 Å². The van der Waals surface area contributed by atoms with E-state index in [0.717, 1.165) is 5.92 Å². The fourth-order valence-electron chi connectivity index (χ4n) is 6.48. The first-order valence-corrected chi connectivity index (χ1v) is 10.9. The van der Waals surface area contributed by atoms with E-state index in [1.807, 2.05) is 6.07 Å². The summed E-state index contributed by atoms with van der Waals surface area (Å²) in [4.78, 5) is 2.81. The van der Waals surface area contributed by atoms with Gasteiger partial charge in [-0.25, -0.2) is 0 Å². The fraction of sp³-hybridized carbons (Fsp3) is 0.520. The van der Waals surface area contributed by atoms with Gasteiger partial charge in [0, 0.05) is 11.5 Å². The van der Waals surface area contributed by atoms with Crippen molar-refractivity contribution in [3.8, 4) is 5.75 Å². The predicted octanol–water partition coefficient (Wildman–Crippen LogP) is 5.66. The third-order valence-electron chi connectivity index (χ3n) is 7.69. The number of phenols is 1. The Bertz CT molecular complexity index is 807. The van der Waals surface area contributed by atoms with Crippen molar-refractivity contribution in [1.29, 1.82) is 0 Å². The van der Waals surface area contributed by atoms with Gasteiger partial charge in [0.05, 0.1) is 0 Å². The number of likely N-dealkylation sites (tertiary alicyclic amines) is 1. The number of rotatable bonds is 4. The Morgan fingerprint density at radius 3 is 2.75 bits per heavy atom. The zero-order chi connectivity index (χ0) is 18.3. The van der Waals surface area contributed by atoms with Crippen molar-refractivity contribution in [3.63, 3.8) is 0 Å². The molecule has 2 aromatic rings. The van der Waals surface area contributed by atoms with Crippen molar-refractivity contribution in [2.24, 2.45) is 5.92 Å². The van der Waals surface area contributed by atoms with E-state index in [1.165, 1.54) is 81.1 Å². The lowest BCUT2D eigenvalue weighted by atomic mass is 9.52. The molecule has 3 atom stereocenters. The summed E-state index contributed by atoms with van der Waals surface area (Å²) in [6.07, 6.45) is 10.3. The van der Waals surface area contributed by atoms with Gasteiger partial charge in [0.25, 0.3) is 0 Å². The van der Waals surface area contributed by atoms with Gasteiger partial charge in [-0.2, -0.15) is 0 Å². The summed E-state index contributed by atoms with van der Waals surface area (Å²) in [6, 6.07) is 17.8. The van der Waals surface area contributed by atoms with Gasteiger partial charge < -0.3 is 5.11 Å². The summed E-state index contributed by atoms with van der Waals surface area (Å²) in [5.74, 6) is 1.24. The highest BCUT2D eigenvalue weighted by atomic mass is 79.9. The highest BCUT2D eigenvalue weighted by Crippen LogP contribution is 2.56. The number of halogens is 1. The van der Waals surface area contributed by atoms with Gasteiger partial charge >= 0.3 is 0 Å². The van der Waals surface area contributed by atoms with Crippen molar-refractivity contribution in [3.05, 3.63) is 65.2 Å². The molecule has 2 aromatic carbocycles. The van der Waals surface area contributed by atoms with Crippen LogP contribution in [0.5, 0.6) is 5.75 Å². The first-order chi connectivity index (χ1) is 13.3. The van der Waals surface area contributed by atoms with Crippen LogP contribution < -0.4 is 0 Å². The van der Waals surface area contributed by atoms with Crippen molar-refractivity contribution in [1.82, 2.24) is 4.90 Å². The lowest BCUT2D eigenvalue weighted by Crippen LogP contribution is -2.61. The second-order valence-corrected chi connectivity index (χ2v) is 9.00. The fourth-order valence-corrected chi connectivity index (χ4v) is 6.48. The van der Waals surface area contributed by atoms with Gasteiger partial charge in [-0.05, 0) is 86.4 Å².